The van der Waals surface area contributed by atoms with Crippen LogP contribution >= 0.6 is 11.8 Å². The second-order valence-corrected chi connectivity index (χ2v) is 7.01. The molecule has 4 nitrogen and oxygen atoms in total. The van der Waals surface area contributed by atoms with Gasteiger partial charge in [-0.25, -0.2) is 4.98 Å². The van der Waals surface area contributed by atoms with Crippen LogP contribution in [0.5, 0.6) is 0 Å². The van der Waals surface area contributed by atoms with Crippen molar-refractivity contribution in [3.05, 3.63) is 53.6 Å². The average Bonchev–Trinajstić information content (AvgIpc) is 2.88. The number of aromatic nitrogens is 2. The monoisotopic (exact) mass is 325 g/mol. The van der Waals surface area contributed by atoms with Crippen molar-refractivity contribution in [1.29, 1.82) is 0 Å². The number of carbonyl (C=O) groups excluding carboxylic acids is 1. The predicted molar refractivity (Wildman–Crippen MR) is 96.0 cm³/mol. The fourth-order valence-corrected chi connectivity index (χ4v) is 3.32. The zero-order valence-corrected chi connectivity index (χ0v) is 14.2. The van der Waals surface area contributed by atoms with Crippen LogP contribution in [0.4, 0.5) is 5.69 Å². The Morgan fingerprint density at radius 2 is 1.87 bits per heavy atom. The zero-order chi connectivity index (χ0) is 16.4. The topological polar surface area (TPSA) is 57.8 Å². The van der Waals surface area contributed by atoms with E-state index in [0.29, 0.717) is 0 Å². The third-order valence-corrected chi connectivity index (χ3v) is 4.50. The van der Waals surface area contributed by atoms with E-state index in [9.17, 15) is 4.79 Å². The van der Waals surface area contributed by atoms with E-state index in [0.717, 1.165) is 33.0 Å². The van der Waals surface area contributed by atoms with Crippen molar-refractivity contribution >= 4 is 34.4 Å². The van der Waals surface area contributed by atoms with Crippen LogP contribution in [-0.2, 0) is 4.79 Å². The number of aryl methyl sites for hydroxylation is 2. The molecule has 2 aromatic carbocycles. The molecule has 1 aromatic heterocycles. The number of amides is 1. The quantitative estimate of drug-likeness (QED) is 0.703. The molecule has 0 fully saturated rings. The van der Waals surface area contributed by atoms with Gasteiger partial charge in [-0.2, -0.15) is 0 Å². The second-order valence-electron chi connectivity index (χ2n) is 5.68. The lowest BCUT2D eigenvalue weighted by atomic mass is 10.1. The van der Waals surface area contributed by atoms with Crippen molar-refractivity contribution in [2.24, 2.45) is 0 Å². The Morgan fingerprint density at radius 1 is 1.17 bits per heavy atom. The van der Waals surface area contributed by atoms with E-state index in [1.54, 1.807) is 0 Å². The van der Waals surface area contributed by atoms with Gasteiger partial charge in [0, 0.05) is 5.69 Å². The number of rotatable bonds is 4. The summed E-state index contributed by atoms with van der Waals surface area (Å²) in [6.07, 6.45) is 0. The molecule has 1 unspecified atom stereocenters. The summed E-state index contributed by atoms with van der Waals surface area (Å²) < 4.78 is 0. The van der Waals surface area contributed by atoms with Gasteiger partial charge >= 0.3 is 0 Å². The first-order valence-electron chi connectivity index (χ1n) is 7.52. The molecule has 0 saturated carbocycles. The van der Waals surface area contributed by atoms with Crippen LogP contribution in [0.1, 0.15) is 18.1 Å². The lowest BCUT2D eigenvalue weighted by molar-refractivity contribution is -0.115. The molecule has 1 heterocycles. The predicted octanol–water partition coefficient (Wildman–Crippen LogP) is 4.30. The highest BCUT2D eigenvalue weighted by molar-refractivity contribution is 8.00. The smallest absolute Gasteiger partial charge is 0.237 e. The molecule has 3 rings (SSSR count). The van der Waals surface area contributed by atoms with Gasteiger partial charge < -0.3 is 10.3 Å². The average molecular weight is 325 g/mol. The van der Waals surface area contributed by atoms with Crippen LogP contribution in [0.2, 0.25) is 0 Å². The first-order chi connectivity index (χ1) is 11.0. The Bertz CT molecular complexity index is 803. The van der Waals surface area contributed by atoms with Crippen molar-refractivity contribution in [2.45, 2.75) is 31.2 Å². The van der Waals surface area contributed by atoms with Crippen LogP contribution in [-0.4, -0.2) is 21.1 Å². The normalized spacial score (nSPS) is 12.3. The maximum absolute atomic E-state index is 12.4. The van der Waals surface area contributed by atoms with E-state index in [1.807, 2.05) is 57.2 Å². The van der Waals surface area contributed by atoms with Crippen molar-refractivity contribution in [2.75, 3.05) is 5.32 Å². The molecule has 23 heavy (non-hydrogen) atoms. The molecule has 0 aliphatic heterocycles. The van der Waals surface area contributed by atoms with E-state index in [2.05, 4.69) is 21.4 Å². The highest BCUT2D eigenvalue weighted by Gasteiger charge is 2.17. The molecule has 0 aliphatic rings. The molecular formula is C18H19N3OS. The molecule has 3 aromatic rings. The summed E-state index contributed by atoms with van der Waals surface area (Å²) in [6.45, 7) is 5.93. The number of hydrogen-bond donors (Lipinski definition) is 2. The minimum absolute atomic E-state index is 0.0274. The Hall–Kier alpha value is -2.27. The maximum Gasteiger partial charge on any atom is 0.237 e. The number of carbonyl (C=O) groups is 1. The molecule has 5 heteroatoms. The maximum atomic E-state index is 12.4. The van der Waals surface area contributed by atoms with E-state index < -0.39 is 0 Å². The van der Waals surface area contributed by atoms with Crippen LogP contribution in [0.25, 0.3) is 11.0 Å². The van der Waals surface area contributed by atoms with E-state index in [4.69, 9.17) is 0 Å². The molecule has 118 valence electrons. The van der Waals surface area contributed by atoms with Gasteiger partial charge in [-0.3, -0.25) is 4.79 Å². The molecule has 1 atom stereocenters. The summed E-state index contributed by atoms with van der Waals surface area (Å²) >= 11 is 1.43. The third kappa shape index (κ3) is 3.74. The van der Waals surface area contributed by atoms with E-state index in [-0.39, 0.29) is 11.2 Å². The highest BCUT2D eigenvalue weighted by atomic mass is 32.2. The molecule has 0 bridgehead atoms. The van der Waals surface area contributed by atoms with Crippen molar-refractivity contribution in [1.82, 2.24) is 9.97 Å². The summed E-state index contributed by atoms with van der Waals surface area (Å²) in [5, 5.41) is 3.50. The number of anilines is 1. The summed E-state index contributed by atoms with van der Waals surface area (Å²) in [6, 6.07) is 13.9. The van der Waals surface area contributed by atoms with Crippen LogP contribution in [0.3, 0.4) is 0 Å². The molecule has 0 aliphatic carbocycles. The van der Waals surface area contributed by atoms with Gasteiger partial charge in [-0.05, 0) is 56.2 Å². The van der Waals surface area contributed by atoms with Crippen molar-refractivity contribution in [3.8, 4) is 0 Å². The number of thioether (sulfide) groups is 1. The second kappa shape index (κ2) is 6.46. The Morgan fingerprint density at radius 3 is 2.57 bits per heavy atom. The minimum atomic E-state index is -0.239. The lowest BCUT2D eigenvalue weighted by Crippen LogP contribution is -2.22. The number of aromatic amines is 1. The SMILES string of the molecule is Cc1cc(C)cc(NC(=O)C(C)Sc2nc3ccccc3[nH]2)c1. The first kappa shape index (κ1) is 15.6. The zero-order valence-electron chi connectivity index (χ0n) is 13.4. The number of nitrogens with one attached hydrogen (secondary N) is 2. The van der Waals surface area contributed by atoms with Gasteiger partial charge in [0.15, 0.2) is 5.16 Å². The number of benzene rings is 2. The van der Waals surface area contributed by atoms with Gasteiger partial charge in [0.1, 0.15) is 0 Å². The first-order valence-corrected chi connectivity index (χ1v) is 8.40. The summed E-state index contributed by atoms with van der Waals surface area (Å²) in [7, 11) is 0. The molecule has 0 radical (unpaired) electrons. The molecule has 0 spiro atoms. The molecule has 0 saturated heterocycles. The largest absolute Gasteiger partial charge is 0.333 e. The van der Waals surface area contributed by atoms with Crippen molar-refractivity contribution in [3.63, 3.8) is 0 Å². The van der Waals surface area contributed by atoms with Crippen molar-refractivity contribution < 1.29 is 4.79 Å². The molecular weight excluding hydrogens is 306 g/mol. The lowest BCUT2D eigenvalue weighted by Gasteiger charge is -2.11. The number of para-hydroxylation sites is 2. The number of nitrogens with zero attached hydrogens (tertiary/aromatic N) is 1. The van der Waals surface area contributed by atoms with Gasteiger partial charge in [0.25, 0.3) is 0 Å². The van der Waals surface area contributed by atoms with Gasteiger partial charge in [-0.1, -0.05) is 30.0 Å². The van der Waals surface area contributed by atoms with Crippen LogP contribution in [0.15, 0.2) is 47.6 Å². The number of fused-ring (bicyclic) bond motifs is 1. The van der Waals surface area contributed by atoms with E-state index in [1.165, 1.54) is 11.8 Å². The summed E-state index contributed by atoms with van der Waals surface area (Å²) in [5.74, 6) is -0.0274. The minimum Gasteiger partial charge on any atom is -0.333 e. The molecule has 1 amide bonds. The van der Waals surface area contributed by atoms with Crippen LogP contribution in [0, 0.1) is 13.8 Å². The fourth-order valence-electron chi connectivity index (χ4n) is 2.50. The van der Waals surface area contributed by atoms with Gasteiger partial charge in [0.2, 0.25) is 5.91 Å². The third-order valence-electron chi connectivity index (χ3n) is 3.51. The Balaban J connectivity index is 1.69. The van der Waals surface area contributed by atoms with Gasteiger partial charge in [0.05, 0.1) is 16.3 Å². The fraction of sp³-hybridized carbons (Fsp3) is 0.222. The summed E-state index contributed by atoms with van der Waals surface area (Å²) in [4.78, 5) is 20.1. The highest BCUT2D eigenvalue weighted by Crippen LogP contribution is 2.24. The van der Waals surface area contributed by atoms with Gasteiger partial charge in [-0.15, -0.1) is 0 Å². The van der Waals surface area contributed by atoms with Crippen LogP contribution < -0.4 is 5.32 Å². The standard InChI is InChI=1S/C18H19N3OS/c1-11-8-12(2)10-14(9-11)19-17(22)13(3)23-18-20-15-6-4-5-7-16(15)21-18/h4-10,13H,1-3H3,(H,19,22)(H,20,21). The number of H-pyrrole nitrogens is 1. The van der Waals surface area contributed by atoms with E-state index >= 15 is 0 Å². The Labute approximate surface area is 139 Å². The summed E-state index contributed by atoms with van der Waals surface area (Å²) in [5.41, 5.74) is 5.01. The number of hydrogen-bond acceptors (Lipinski definition) is 3. The Kier molecular flexibility index (Phi) is 4.39. The molecule has 2 N–H and O–H groups in total. The number of imidazole rings is 1.